The van der Waals surface area contributed by atoms with Crippen LogP contribution < -0.4 is 4.74 Å². The Morgan fingerprint density at radius 1 is 1.37 bits per heavy atom. The number of benzene rings is 1. The molecular weight excluding hydrogens is 262 g/mol. The van der Waals surface area contributed by atoms with E-state index in [-0.39, 0.29) is 11.5 Å². The molecule has 0 aliphatic carbocycles. The highest BCUT2D eigenvalue weighted by Gasteiger charge is 2.14. The summed E-state index contributed by atoms with van der Waals surface area (Å²) in [6.07, 6.45) is 0.656. The topological polar surface area (TPSA) is 67.2 Å². The molecule has 0 spiro atoms. The minimum absolute atomic E-state index is 0.0294. The first kappa shape index (κ1) is 15.5. The summed E-state index contributed by atoms with van der Waals surface area (Å²) in [5.74, 6) is 0.975. The standard InChI is InChI=1S/C14H19NO3S/c1-11(2)6-7-19(16,17)10-12-4-5-14(18-3)13(8-12)9-15/h4-5,8,11H,6-7,10H2,1-3H3. The molecule has 0 bridgehead atoms. The van der Waals surface area contributed by atoms with Gasteiger partial charge in [-0.2, -0.15) is 5.26 Å². The van der Waals surface area contributed by atoms with Crippen LogP contribution in [0.25, 0.3) is 0 Å². The fraction of sp³-hybridized carbons (Fsp3) is 0.500. The summed E-state index contributed by atoms with van der Waals surface area (Å²) in [6.45, 7) is 3.99. The first-order valence-electron chi connectivity index (χ1n) is 6.15. The van der Waals surface area contributed by atoms with Gasteiger partial charge in [-0.25, -0.2) is 8.42 Å². The Bertz CT molecular complexity index is 571. The fourth-order valence-electron chi connectivity index (χ4n) is 1.67. The van der Waals surface area contributed by atoms with Crippen LogP contribution in [-0.2, 0) is 15.6 Å². The van der Waals surface area contributed by atoms with E-state index in [0.717, 1.165) is 0 Å². The maximum Gasteiger partial charge on any atom is 0.154 e. The van der Waals surface area contributed by atoms with E-state index in [1.54, 1.807) is 18.2 Å². The van der Waals surface area contributed by atoms with Gasteiger partial charge in [-0.15, -0.1) is 0 Å². The number of hydrogen-bond acceptors (Lipinski definition) is 4. The third kappa shape index (κ3) is 4.92. The molecule has 0 saturated heterocycles. The molecule has 0 radical (unpaired) electrons. The Balaban J connectivity index is 2.86. The predicted molar refractivity (Wildman–Crippen MR) is 74.7 cm³/mol. The van der Waals surface area contributed by atoms with Gasteiger partial charge in [0.15, 0.2) is 9.84 Å². The number of sulfone groups is 1. The number of rotatable bonds is 6. The molecule has 19 heavy (non-hydrogen) atoms. The summed E-state index contributed by atoms with van der Waals surface area (Å²) in [6, 6.07) is 6.90. The molecule has 1 rings (SSSR count). The van der Waals surface area contributed by atoms with Gasteiger partial charge in [0.1, 0.15) is 11.8 Å². The molecule has 1 aromatic carbocycles. The van der Waals surface area contributed by atoms with Gasteiger partial charge in [-0.3, -0.25) is 0 Å². The van der Waals surface area contributed by atoms with Gasteiger partial charge in [0.2, 0.25) is 0 Å². The Kier molecular flexibility index (Phi) is 5.37. The number of hydrogen-bond donors (Lipinski definition) is 0. The van der Waals surface area contributed by atoms with Crippen molar-refractivity contribution in [2.45, 2.75) is 26.0 Å². The van der Waals surface area contributed by atoms with E-state index in [0.29, 0.717) is 29.2 Å². The fourth-order valence-corrected chi connectivity index (χ4v) is 3.34. The normalized spacial score (nSPS) is 11.3. The highest BCUT2D eigenvalue weighted by molar-refractivity contribution is 7.90. The number of nitrogens with zero attached hydrogens (tertiary/aromatic N) is 1. The highest BCUT2D eigenvalue weighted by Crippen LogP contribution is 2.20. The van der Waals surface area contributed by atoms with Gasteiger partial charge in [0.25, 0.3) is 0 Å². The van der Waals surface area contributed by atoms with Crippen LogP contribution in [0.2, 0.25) is 0 Å². The second-order valence-corrected chi connectivity index (χ2v) is 7.11. The van der Waals surface area contributed by atoms with Gasteiger partial charge in [-0.05, 0) is 30.0 Å². The van der Waals surface area contributed by atoms with Crippen LogP contribution in [-0.4, -0.2) is 21.3 Å². The van der Waals surface area contributed by atoms with Crippen LogP contribution in [0.1, 0.15) is 31.4 Å². The van der Waals surface area contributed by atoms with E-state index in [2.05, 4.69) is 0 Å². The molecule has 0 unspecified atom stereocenters. The van der Waals surface area contributed by atoms with E-state index in [4.69, 9.17) is 10.00 Å². The van der Waals surface area contributed by atoms with Gasteiger partial charge >= 0.3 is 0 Å². The highest BCUT2D eigenvalue weighted by atomic mass is 32.2. The zero-order valence-electron chi connectivity index (χ0n) is 11.5. The lowest BCUT2D eigenvalue weighted by Gasteiger charge is -2.08. The molecule has 0 fully saturated rings. The average Bonchev–Trinajstić information content (AvgIpc) is 2.36. The van der Waals surface area contributed by atoms with E-state index in [1.807, 2.05) is 19.9 Å². The number of methoxy groups -OCH3 is 1. The average molecular weight is 281 g/mol. The summed E-state index contributed by atoms with van der Waals surface area (Å²) >= 11 is 0. The molecular formula is C14H19NO3S. The molecule has 5 heteroatoms. The lowest BCUT2D eigenvalue weighted by molar-refractivity contribution is 0.413. The molecule has 0 heterocycles. The molecule has 0 saturated carbocycles. The molecule has 0 aliphatic heterocycles. The van der Waals surface area contributed by atoms with Crippen molar-refractivity contribution in [1.29, 1.82) is 5.26 Å². The zero-order valence-corrected chi connectivity index (χ0v) is 12.3. The zero-order chi connectivity index (χ0) is 14.5. The maximum atomic E-state index is 11.9. The van der Waals surface area contributed by atoms with Crippen molar-refractivity contribution in [1.82, 2.24) is 0 Å². The molecule has 4 nitrogen and oxygen atoms in total. The van der Waals surface area contributed by atoms with Gasteiger partial charge < -0.3 is 4.74 Å². The van der Waals surface area contributed by atoms with E-state index in [9.17, 15) is 8.42 Å². The molecule has 0 amide bonds. The summed E-state index contributed by atoms with van der Waals surface area (Å²) in [5.41, 5.74) is 0.986. The minimum Gasteiger partial charge on any atom is -0.495 e. The quantitative estimate of drug-likeness (QED) is 0.803. The Morgan fingerprint density at radius 2 is 2.05 bits per heavy atom. The lowest BCUT2D eigenvalue weighted by Crippen LogP contribution is -2.11. The smallest absolute Gasteiger partial charge is 0.154 e. The molecule has 0 N–H and O–H groups in total. The van der Waals surface area contributed by atoms with Crippen molar-refractivity contribution in [3.63, 3.8) is 0 Å². The third-order valence-corrected chi connectivity index (χ3v) is 4.41. The van der Waals surface area contributed by atoms with Gasteiger partial charge in [0.05, 0.1) is 24.2 Å². The third-order valence-electron chi connectivity index (χ3n) is 2.78. The second-order valence-electron chi connectivity index (χ2n) is 4.92. The summed E-state index contributed by atoms with van der Waals surface area (Å²) in [4.78, 5) is 0. The Morgan fingerprint density at radius 3 is 2.58 bits per heavy atom. The van der Waals surface area contributed by atoms with Crippen LogP contribution >= 0.6 is 0 Å². The first-order valence-corrected chi connectivity index (χ1v) is 7.97. The second kappa shape index (κ2) is 6.58. The predicted octanol–water partition coefficient (Wildman–Crippen LogP) is 2.53. The monoisotopic (exact) mass is 281 g/mol. The Hall–Kier alpha value is -1.54. The van der Waals surface area contributed by atoms with Gasteiger partial charge in [-0.1, -0.05) is 19.9 Å². The molecule has 104 valence electrons. The summed E-state index contributed by atoms with van der Waals surface area (Å²) < 4.78 is 28.9. The summed E-state index contributed by atoms with van der Waals surface area (Å²) in [5, 5.41) is 8.97. The molecule has 0 aromatic heterocycles. The molecule has 0 atom stereocenters. The lowest BCUT2D eigenvalue weighted by atomic mass is 10.1. The van der Waals surface area contributed by atoms with E-state index >= 15 is 0 Å². The van der Waals surface area contributed by atoms with Crippen LogP contribution in [0, 0.1) is 17.2 Å². The van der Waals surface area contributed by atoms with Gasteiger partial charge in [0, 0.05) is 0 Å². The van der Waals surface area contributed by atoms with Crippen molar-refractivity contribution >= 4 is 9.84 Å². The molecule has 0 aliphatic rings. The number of nitriles is 1. The summed E-state index contributed by atoms with van der Waals surface area (Å²) in [7, 11) is -1.64. The van der Waals surface area contributed by atoms with E-state index < -0.39 is 9.84 Å². The number of ether oxygens (including phenoxy) is 1. The van der Waals surface area contributed by atoms with Crippen molar-refractivity contribution in [2.75, 3.05) is 12.9 Å². The largest absolute Gasteiger partial charge is 0.495 e. The Labute approximate surface area is 114 Å². The van der Waals surface area contributed by atoms with Crippen LogP contribution in [0.15, 0.2) is 18.2 Å². The van der Waals surface area contributed by atoms with Crippen LogP contribution in [0.4, 0.5) is 0 Å². The van der Waals surface area contributed by atoms with Crippen LogP contribution in [0.5, 0.6) is 5.75 Å². The van der Waals surface area contributed by atoms with Crippen LogP contribution in [0.3, 0.4) is 0 Å². The molecule has 1 aromatic rings. The first-order chi connectivity index (χ1) is 8.88. The van der Waals surface area contributed by atoms with Crippen molar-refractivity contribution in [3.8, 4) is 11.8 Å². The van der Waals surface area contributed by atoms with Crippen molar-refractivity contribution < 1.29 is 13.2 Å². The van der Waals surface area contributed by atoms with E-state index in [1.165, 1.54) is 7.11 Å². The van der Waals surface area contributed by atoms with Crippen molar-refractivity contribution in [2.24, 2.45) is 5.92 Å². The SMILES string of the molecule is COc1ccc(CS(=O)(=O)CCC(C)C)cc1C#N. The van der Waals surface area contributed by atoms with Crippen molar-refractivity contribution in [3.05, 3.63) is 29.3 Å². The maximum absolute atomic E-state index is 11.9. The minimum atomic E-state index is -3.12.